The highest BCUT2D eigenvalue weighted by Crippen LogP contribution is 2.23. The van der Waals surface area contributed by atoms with Crippen LogP contribution in [0.25, 0.3) is 10.9 Å². The zero-order valence-electron chi connectivity index (χ0n) is 8.99. The zero-order chi connectivity index (χ0) is 11.4. The third-order valence-corrected chi connectivity index (χ3v) is 3.73. The van der Waals surface area contributed by atoms with Gasteiger partial charge in [-0.2, -0.15) is 0 Å². The number of nitrogens with one attached hydrogen (secondary N) is 2. The average molecular weight is 254 g/mol. The van der Waals surface area contributed by atoms with Crippen LogP contribution in [-0.2, 0) is 6.42 Å². The van der Waals surface area contributed by atoms with E-state index in [0.717, 1.165) is 23.9 Å². The number of benzene rings is 1. The Morgan fingerprint density at radius 2 is 2.31 bits per heavy atom. The number of phenols is 1. The van der Waals surface area contributed by atoms with Crippen molar-refractivity contribution in [3.05, 3.63) is 30.0 Å². The topological polar surface area (TPSA) is 48.0 Å². The number of aromatic nitrogens is 1. The third-order valence-electron chi connectivity index (χ3n) is 2.39. The molecule has 3 nitrogen and oxygen atoms in total. The van der Waals surface area contributed by atoms with Gasteiger partial charge in [-0.25, -0.2) is 0 Å². The van der Waals surface area contributed by atoms with Crippen molar-refractivity contribution >= 4 is 32.7 Å². The minimum Gasteiger partial charge on any atom is -0.508 e. The molecule has 1 aromatic carbocycles. The van der Waals surface area contributed by atoms with E-state index in [-0.39, 0.29) is 0 Å². The van der Waals surface area contributed by atoms with Crippen molar-refractivity contribution in [3.8, 4) is 5.75 Å². The Balaban J connectivity index is 2.09. The molecule has 0 aliphatic rings. The molecule has 5 heteroatoms. The first-order valence-corrected chi connectivity index (χ1v) is 7.58. The molecule has 0 atom stereocenters. The van der Waals surface area contributed by atoms with Crippen LogP contribution in [0.4, 0.5) is 0 Å². The standard InChI is InChI=1S/C11H14N2OS2/c1-15-16-13-5-4-8-7-12-11-3-2-9(14)6-10(8)11/h2-3,6-7,12-14H,4-5H2,1H3. The summed E-state index contributed by atoms with van der Waals surface area (Å²) in [5, 5.41) is 10.6. The first-order valence-electron chi connectivity index (χ1n) is 5.03. The number of aromatic amines is 1. The highest BCUT2D eigenvalue weighted by Gasteiger charge is 2.03. The van der Waals surface area contributed by atoms with Gasteiger partial charge < -0.3 is 10.1 Å². The van der Waals surface area contributed by atoms with Gasteiger partial charge in [0.15, 0.2) is 0 Å². The molecule has 2 rings (SSSR count). The Bertz CT molecular complexity index is 470. The van der Waals surface area contributed by atoms with Crippen LogP contribution in [0.2, 0.25) is 0 Å². The van der Waals surface area contributed by atoms with Gasteiger partial charge in [-0.3, -0.25) is 4.72 Å². The van der Waals surface area contributed by atoms with Crippen LogP contribution in [0.1, 0.15) is 5.56 Å². The maximum absolute atomic E-state index is 9.45. The van der Waals surface area contributed by atoms with E-state index in [1.165, 1.54) is 5.56 Å². The zero-order valence-corrected chi connectivity index (χ0v) is 10.6. The van der Waals surface area contributed by atoms with Crippen LogP contribution < -0.4 is 4.72 Å². The molecular weight excluding hydrogens is 240 g/mol. The summed E-state index contributed by atoms with van der Waals surface area (Å²) in [7, 11) is 3.35. The largest absolute Gasteiger partial charge is 0.508 e. The molecule has 0 saturated carbocycles. The van der Waals surface area contributed by atoms with Crippen LogP contribution >= 0.6 is 21.8 Å². The van der Waals surface area contributed by atoms with Gasteiger partial charge in [0.2, 0.25) is 0 Å². The highest BCUT2D eigenvalue weighted by molar-refractivity contribution is 8.75. The number of aromatic hydroxyl groups is 1. The molecule has 0 aliphatic carbocycles. The van der Waals surface area contributed by atoms with Gasteiger partial charge in [0.1, 0.15) is 5.75 Å². The Morgan fingerprint density at radius 1 is 1.44 bits per heavy atom. The number of fused-ring (bicyclic) bond motifs is 1. The predicted molar refractivity (Wildman–Crippen MR) is 72.8 cm³/mol. The number of hydrogen-bond donors (Lipinski definition) is 3. The molecule has 0 amide bonds. The molecule has 86 valence electrons. The molecular formula is C11H14N2OS2. The van der Waals surface area contributed by atoms with Crippen molar-refractivity contribution in [2.24, 2.45) is 0 Å². The summed E-state index contributed by atoms with van der Waals surface area (Å²) in [6.07, 6.45) is 5.01. The fourth-order valence-electron chi connectivity index (χ4n) is 1.66. The lowest BCUT2D eigenvalue weighted by molar-refractivity contribution is 0.476. The van der Waals surface area contributed by atoms with E-state index in [1.54, 1.807) is 27.8 Å². The second-order valence-corrected chi connectivity index (χ2v) is 5.73. The molecule has 0 saturated heterocycles. The summed E-state index contributed by atoms with van der Waals surface area (Å²) in [5.41, 5.74) is 2.31. The van der Waals surface area contributed by atoms with Gasteiger partial charge in [-0.05, 0) is 47.4 Å². The van der Waals surface area contributed by atoms with Gasteiger partial charge in [0, 0.05) is 23.6 Å². The minimum absolute atomic E-state index is 0.319. The molecule has 1 aromatic heterocycles. The van der Waals surface area contributed by atoms with Crippen LogP contribution in [0.5, 0.6) is 5.75 Å². The van der Waals surface area contributed by atoms with Crippen LogP contribution in [0.15, 0.2) is 24.4 Å². The Labute approximate surface area is 103 Å². The molecule has 0 radical (unpaired) electrons. The Morgan fingerprint density at radius 3 is 3.12 bits per heavy atom. The Hall–Kier alpha value is -0.780. The molecule has 0 aliphatic heterocycles. The van der Waals surface area contributed by atoms with Crippen molar-refractivity contribution in [3.63, 3.8) is 0 Å². The summed E-state index contributed by atoms with van der Waals surface area (Å²) < 4.78 is 3.26. The van der Waals surface area contributed by atoms with Crippen molar-refractivity contribution in [2.75, 3.05) is 12.8 Å². The summed E-state index contributed by atoms with van der Waals surface area (Å²) in [6, 6.07) is 5.41. The van der Waals surface area contributed by atoms with Gasteiger partial charge in [0.25, 0.3) is 0 Å². The van der Waals surface area contributed by atoms with E-state index in [4.69, 9.17) is 0 Å². The second kappa shape index (κ2) is 5.52. The lowest BCUT2D eigenvalue weighted by atomic mass is 10.1. The van der Waals surface area contributed by atoms with Crippen molar-refractivity contribution in [1.29, 1.82) is 0 Å². The molecule has 0 spiro atoms. The predicted octanol–water partition coefficient (Wildman–Crippen LogP) is 2.93. The highest BCUT2D eigenvalue weighted by atomic mass is 33.1. The van der Waals surface area contributed by atoms with Crippen molar-refractivity contribution < 1.29 is 5.11 Å². The maximum Gasteiger partial charge on any atom is 0.116 e. The number of H-pyrrole nitrogens is 1. The summed E-state index contributed by atoms with van der Waals surface area (Å²) in [4.78, 5) is 3.21. The molecule has 0 bridgehead atoms. The molecule has 16 heavy (non-hydrogen) atoms. The van der Waals surface area contributed by atoms with Gasteiger partial charge in [0.05, 0.1) is 0 Å². The maximum atomic E-state index is 9.45. The molecule has 2 aromatic rings. The van der Waals surface area contributed by atoms with Gasteiger partial charge >= 0.3 is 0 Å². The monoisotopic (exact) mass is 254 g/mol. The van der Waals surface area contributed by atoms with E-state index in [0.29, 0.717) is 5.75 Å². The number of phenolic OH excluding ortho intramolecular Hbond substituents is 1. The first-order chi connectivity index (χ1) is 7.81. The lowest BCUT2D eigenvalue weighted by Gasteiger charge is -2.01. The van der Waals surface area contributed by atoms with E-state index in [2.05, 4.69) is 9.71 Å². The Kier molecular flexibility index (Phi) is 4.04. The van der Waals surface area contributed by atoms with E-state index < -0.39 is 0 Å². The summed E-state index contributed by atoms with van der Waals surface area (Å²) in [6.45, 7) is 0.925. The van der Waals surface area contributed by atoms with Crippen LogP contribution in [-0.4, -0.2) is 22.9 Å². The second-order valence-electron chi connectivity index (χ2n) is 3.44. The van der Waals surface area contributed by atoms with Crippen molar-refractivity contribution in [1.82, 2.24) is 9.71 Å². The quantitative estimate of drug-likeness (QED) is 0.436. The van der Waals surface area contributed by atoms with E-state index in [9.17, 15) is 5.11 Å². The third kappa shape index (κ3) is 2.66. The van der Waals surface area contributed by atoms with Crippen molar-refractivity contribution in [2.45, 2.75) is 6.42 Å². The van der Waals surface area contributed by atoms with Gasteiger partial charge in [-0.1, -0.05) is 10.8 Å². The lowest BCUT2D eigenvalue weighted by Crippen LogP contribution is -2.06. The normalized spacial score (nSPS) is 11.1. The summed E-state index contributed by atoms with van der Waals surface area (Å²) in [5.74, 6) is 0.319. The SMILES string of the molecule is CSSNCCc1c[nH]c2ccc(O)cc12. The molecule has 0 fully saturated rings. The van der Waals surface area contributed by atoms with E-state index in [1.807, 2.05) is 24.6 Å². The smallest absolute Gasteiger partial charge is 0.116 e. The molecule has 3 N–H and O–H groups in total. The van der Waals surface area contributed by atoms with E-state index >= 15 is 0 Å². The van der Waals surface area contributed by atoms with Gasteiger partial charge in [-0.15, -0.1) is 0 Å². The summed E-state index contributed by atoms with van der Waals surface area (Å²) >= 11 is 0. The fourth-order valence-corrected chi connectivity index (χ4v) is 2.57. The fraction of sp³-hybridized carbons (Fsp3) is 0.273. The first kappa shape index (κ1) is 11.7. The van der Waals surface area contributed by atoms with Crippen LogP contribution in [0, 0.1) is 0 Å². The molecule has 0 unspecified atom stereocenters. The number of rotatable bonds is 5. The van der Waals surface area contributed by atoms with Crippen LogP contribution in [0.3, 0.4) is 0 Å². The minimum atomic E-state index is 0.319. The average Bonchev–Trinajstić information content (AvgIpc) is 2.67. The number of hydrogen-bond acceptors (Lipinski definition) is 4. The molecule has 1 heterocycles.